The van der Waals surface area contributed by atoms with E-state index in [0.717, 1.165) is 44.1 Å². The van der Waals surface area contributed by atoms with Gasteiger partial charge in [0.25, 0.3) is 0 Å². The molecule has 0 spiro atoms. The maximum Gasteiger partial charge on any atom is 0.151 e. The van der Waals surface area contributed by atoms with Crippen LogP contribution in [0.15, 0.2) is 10.6 Å². The second-order valence-corrected chi connectivity index (χ2v) is 7.02. The molecule has 0 aromatic carbocycles. The van der Waals surface area contributed by atoms with Gasteiger partial charge in [0.05, 0.1) is 24.9 Å². The normalized spacial score (nSPS) is 24.4. The number of ether oxygens (including phenoxy) is 1. The van der Waals surface area contributed by atoms with Crippen LogP contribution in [0, 0.1) is 0 Å². The van der Waals surface area contributed by atoms with Gasteiger partial charge in [0.2, 0.25) is 0 Å². The minimum Gasteiger partial charge on any atom is -0.376 e. The average molecular weight is 295 g/mol. The molecule has 1 aromatic rings. The Morgan fingerprint density at radius 2 is 2.19 bits per heavy atom. The summed E-state index contributed by atoms with van der Waals surface area (Å²) in [5.74, 6) is 0.938. The average Bonchev–Trinajstić information content (AvgIpc) is 2.84. The highest BCUT2D eigenvalue weighted by molar-refractivity contribution is 5.06. The molecule has 0 amide bonds. The molecule has 2 heterocycles. The van der Waals surface area contributed by atoms with Gasteiger partial charge in [-0.1, -0.05) is 12.1 Å². The molecule has 1 fully saturated rings. The van der Waals surface area contributed by atoms with Crippen molar-refractivity contribution >= 4 is 0 Å². The summed E-state index contributed by atoms with van der Waals surface area (Å²) >= 11 is 0. The van der Waals surface area contributed by atoms with Crippen molar-refractivity contribution in [1.29, 1.82) is 0 Å². The van der Waals surface area contributed by atoms with Crippen molar-refractivity contribution in [2.45, 2.75) is 71.8 Å². The van der Waals surface area contributed by atoms with E-state index in [-0.39, 0.29) is 11.6 Å². The molecule has 5 heteroatoms. The van der Waals surface area contributed by atoms with Crippen LogP contribution in [0.25, 0.3) is 0 Å². The molecular weight excluding hydrogens is 266 g/mol. The lowest BCUT2D eigenvalue weighted by molar-refractivity contribution is -0.0615. The molecule has 2 atom stereocenters. The summed E-state index contributed by atoms with van der Waals surface area (Å²) in [6.07, 6.45) is 1.39. The Balaban J connectivity index is 1.91. The Morgan fingerprint density at radius 3 is 2.86 bits per heavy atom. The molecular formula is C16H29N3O2. The van der Waals surface area contributed by atoms with Crippen LogP contribution in [0.1, 0.15) is 52.5 Å². The van der Waals surface area contributed by atoms with Gasteiger partial charge in [0, 0.05) is 30.7 Å². The molecule has 1 N–H and O–H groups in total. The van der Waals surface area contributed by atoms with Crippen LogP contribution in [0.4, 0.5) is 0 Å². The van der Waals surface area contributed by atoms with Gasteiger partial charge in [-0.3, -0.25) is 4.90 Å². The highest BCUT2D eigenvalue weighted by atomic mass is 16.5. The summed E-state index contributed by atoms with van der Waals surface area (Å²) in [6, 6.07) is 2.54. The quantitative estimate of drug-likeness (QED) is 0.905. The molecule has 0 bridgehead atoms. The molecule has 2 unspecified atom stereocenters. The number of hydrogen-bond acceptors (Lipinski definition) is 5. The Morgan fingerprint density at radius 1 is 1.43 bits per heavy atom. The van der Waals surface area contributed by atoms with Crippen LogP contribution in [-0.2, 0) is 17.8 Å². The van der Waals surface area contributed by atoms with Crippen molar-refractivity contribution in [3.05, 3.63) is 17.5 Å². The lowest BCUT2D eigenvalue weighted by atomic mass is 10.1. The number of aromatic nitrogens is 1. The van der Waals surface area contributed by atoms with Crippen molar-refractivity contribution in [3.63, 3.8) is 0 Å². The van der Waals surface area contributed by atoms with Gasteiger partial charge in [-0.25, -0.2) is 0 Å². The summed E-state index contributed by atoms with van der Waals surface area (Å²) < 4.78 is 11.2. The maximum atomic E-state index is 5.73. The zero-order chi connectivity index (χ0) is 15.5. The molecule has 5 nitrogen and oxygen atoms in total. The van der Waals surface area contributed by atoms with E-state index in [1.54, 1.807) is 0 Å². The minimum atomic E-state index is 0.0893. The van der Waals surface area contributed by atoms with Gasteiger partial charge in [-0.05, 0) is 34.1 Å². The number of rotatable bonds is 5. The number of morpholine rings is 1. The SMILES string of the molecule is CCC1COC(C)CN1Cc1cc(CNC(C)(C)C)no1. The Labute approximate surface area is 128 Å². The third kappa shape index (κ3) is 5.09. The summed E-state index contributed by atoms with van der Waals surface area (Å²) in [6.45, 7) is 14.1. The molecule has 0 saturated carbocycles. The molecule has 0 radical (unpaired) electrons. The summed E-state index contributed by atoms with van der Waals surface area (Å²) in [4.78, 5) is 2.44. The summed E-state index contributed by atoms with van der Waals surface area (Å²) in [5, 5.41) is 7.59. The van der Waals surface area contributed by atoms with Crippen LogP contribution >= 0.6 is 0 Å². The number of nitrogens with zero attached hydrogens (tertiary/aromatic N) is 2. The van der Waals surface area contributed by atoms with Gasteiger partial charge >= 0.3 is 0 Å². The van der Waals surface area contributed by atoms with E-state index in [9.17, 15) is 0 Å². The van der Waals surface area contributed by atoms with Gasteiger partial charge in [-0.15, -0.1) is 0 Å². The van der Waals surface area contributed by atoms with Gasteiger partial charge < -0.3 is 14.6 Å². The fraction of sp³-hybridized carbons (Fsp3) is 0.812. The lowest BCUT2D eigenvalue weighted by Crippen LogP contribution is -2.47. The molecule has 1 aromatic heterocycles. The van der Waals surface area contributed by atoms with Crippen molar-refractivity contribution < 1.29 is 9.26 Å². The molecule has 1 aliphatic rings. The van der Waals surface area contributed by atoms with Gasteiger partial charge in [-0.2, -0.15) is 0 Å². The molecule has 21 heavy (non-hydrogen) atoms. The summed E-state index contributed by atoms with van der Waals surface area (Å²) in [7, 11) is 0. The first-order valence-electron chi connectivity index (χ1n) is 7.92. The Hall–Kier alpha value is -0.910. The highest BCUT2D eigenvalue weighted by Gasteiger charge is 2.26. The number of hydrogen-bond donors (Lipinski definition) is 1. The fourth-order valence-electron chi connectivity index (χ4n) is 2.55. The largest absolute Gasteiger partial charge is 0.376 e. The summed E-state index contributed by atoms with van der Waals surface area (Å²) in [5.41, 5.74) is 1.06. The fourth-order valence-corrected chi connectivity index (χ4v) is 2.55. The Bertz CT molecular complexity index is 439. The highest BCUT2D eigenvalue weighted by Crippen LogP contribution is 2.18. The first kappa shape index (κ1) is 16.5. The zero-order valence-corrected chi connectivity index (χ0v) is 14.0. The lowest BCUT2D eigenvalue weighted by Gasteiger charge is -2.37. The van der Waals surface area contributed by atoms with Crippen LogP contribution < -0.4 is 5.32 Å². The van der Waals surface area contributed by atoms with E-state index in [2.05, 4.69) is 56.1 Å². The second-order valence-electron chi connectivity index (χ2n) is 7.02. The van der Waals surface area contributed by atoms with E-state index in [4.69, 9.17) is 9.26 Å². The van der Waals surface area contributed by atoms with Crippen LogP contribution in [-0.4, -0.2) is 40.9 Å². The first-order valence-corrected chi connectivity index (χ1v) is 7.92. The van der Waals surface area contributed by atoms with Crippen molar-refractivity contribution in [3.8, 4) is 0 Å². The second kappa shape index (κ2) is 6.90. The first-order chi connectivity index (χ1) is 9.87. The topological polar surface area (TPSA) is 50.5 Å². The smallest absolute Gasteiger partial charge is 0.151 e. The van der Waals surface area contributed by atoms with Crippen molar-refractivity contribution in [1.82, 2.24) is 15.4 Å². The molecule has 120 valence electrons. The van der Waals surface area contributed by atoms with E-state index in [1.165, 1.54) is 0 Å². The minimum absolute atomic E-state index is 0.0893. The van der Waals surface area contributed by atoms with E-state index < -0.39 is 0 Å². The zero-order valence-electron chi connectivity index (χ0n) is 14.0. The van der Waals surface area contributed by atoms with E-state index >= 15 is 0 Å². The molecule has 0 aliphatic carbocycles. The predicted molar refractivity (Wildman–Crippen MR) is 83.0 cm³/mol. The Kier molecular flexibility index (Phi) is 5.41. The molecule has 1 aliphatic heterocycles. The van der Waals surface area contributed by atoms with Crippen LogP contribution in [0.5, 0.6) is 0 Å². The van der Waals surface area contributed by atoms with Gasteiger partial charge in [0.1, 0.15) is 0 Å². The maximum absolute atomic E-state index is 5.73. The van der Waals surface area contributed by atoms with E-state index in [0.29, 0.717) is 6.04 Å². The van der Waals surface area contributed by atoms with E-state index in [1.807, 2.05) is 0 Å². The van der Waals surface area contributed by atoms with Gasteiger partial charge in [0.15, 0.2) is 5.76 Å². The molecule has 1 saturated heterocycles. The number of nitrogens with one attached hydrogen (secondary N) is 1. The third-order valence-electron chi connectivity index (χ3n) is 3.82. The van der Waals surface area contributed by atoms with Crippen LogP contribution in [0.3, 0.4) is 0 Å². The van der Waals surface area contributed by atoms with Crippen molar-refractivity contribution in [2.24, 2.45) is 0 Å². The molecule has 2 rings (SSSR count). The van der Waals surface area contributed by atoms with Crippen LogP contribution in [0.2, 0.25) is 0 Å². The standard InChI is InChI=1S/C16H29N3O2/c1-6-14-11-20-12(2)9-19(14)10-15-7-13(18-21-15)8-17-16(3,4)5/h7,12,14,17H,6,8-11H2,1-5H3. The third-order valence-corrected chi connectivity index (χ3v) is 3.82. The van der Waals surface area contributed by atoms with Crippen molar-refractivity contribution in [2.75, 3.05) is 13.2 Å². The predicted octanol–water partition coefficient (Wildman–Crippen LogP) is 2.56. The monoisotopic (exact) mass is 295 g/mol.